The van der Waals surface area contributed by atoms with Crippen molar-refractivity contribution in [2.24, 2.45) is 76.9 Å². The summed E-state index contributed by atoms with van der Waals surface area (Å²) >= 11 is 0. The molecule has 13 unspecified atom stereocenters. The number of amides is 4. The lowest BCUT2D eigenvalue weighted by molar-refractivity contribution is -0.138. The predicted octanol–water partition coefficient (Wildman–Crippen LogP) is 23.0. The van der Waals surface area contributed by atoms with Gasteiger partial charge in [0.1, 0.15) is 0 Å². The summed E-state index contributed by atoms with van der Waals surface area (Å²) in [5.74, 6) is 5.93. The van der Waals surface area contributed by atoms with Crippen LogP contribution in [0.3, 0.4) is 0 Å². The SMILES string of the molecule is CCCCCCCCC1C(CCCCCC)=CCC(CCCCCCCCn2c(=O)c3cc4c(=O)n(CC5CC6CC5C5CC(Cn7c(=O)c8cc9c(=O)n(CCCCCCC%10CCC(CCCCCC)C(CCCCCCCC)C%10CCCCCCCCN%10C(=O)C=CC%10=O)c(=O)c9cc8c7=O)CC65)c(=O)c4cc3c2=O)C1CCCCCCCCN1C(=O)C=CC1=O. The second kappa shape index (κ2) is 49.3. The predicted molar refractivity (Wildman–Crippen MR) is 521 cm³/mol. The molecule has 0 radical (unpaired) electrons. The average Bonchev–Trinajstić information content (AvgIpc) is 1.58. The van der Waals surface area contributed by atoms with Crippen LogP contribution >= 0.6 is 0 Å². The number of carbonyl (C=O) groups excluding carboxylic acids is 4. The topological polar surface area (TPSA) is 231 Å². The zero-order valence-electron chi connectivity index (χ0n) is 79.3. The Balaban J connectivity index is 0.562. The van der Waals surface area contributed by atoms with Crippen LogP contribution in [0.2, 0.25) is 0 Å². The molecule has 128 heavy (non-hydrogen) atoms. The number of aromatic nitrogens is 4. The molecule has 0 N–H and O–H groups in total. The quantitative estimate of drug-likeness (QED) is 0.0197. The van der Waals surface area contributed by atoms with E-state index in [9.17, 15) is 57.5 Å². The third kappa shape index (κ3) is 24.5. The Morgan fingerprint density at radius 2 is 0.578 bits per heavy atom. The number of hydrogen-bond donors (Lipinski definition) is 0. The van der Waals surface area contributed by atoms with E-state index in [-0.39, 0.29) is 97.6 Å². The van der Waals surface area contributed by atoms with Crippen LogP contribution in [0.5, 0.6) is 0 Å². The second-order valence-corrected chi connectivity index (χ2v) is 41.7. The van der Waals surface area contributed by atoms with Crippen molar-refractivity contribution in [2.75, 3.05) is 13.1 Å². The van der Waals surface area contributed by atoms with Crippen molar-refractivity contribution in [1.82, 2.24) is 28.1 Å². The highest BCUT2D eigenvalue weighted by molar-refractivity contribution is 6.13. The molecule has 2 aliphatic heterocycles. The van der Waals surface area contributed by atoms with Crippen LogP contribution < -0.4 is 44.5 Å². The maximum atomic E-state index is 14.4. The summed E-state index contributed by atoms with van der Waals surface area (Å²) in [6, 6.07) is 6.00. The summed E-state index contributed by atoms with van der Waals surface area (Å²) in [5, 5.41) is 1.50. The van der Waals surface area contributed by atoms with Gasteiger partial charge >= 0.3 is 0 Å². The van der Waals surface area contributed by atoms with Gasteiger partial charge in [0.05, 0.1) is 43.1 Å². The highest BCUT2D eigenvalue weighted by atomic mass is 16.2. The molecular weight excluding hydrogens is 1600 g/mol. The van der Waals surface area contributed by atoms with Gasteiger partial charge in [0.15, 0.2) is 0 Å². The highest BCUT2D eigenvalue weighted by Gasteiger charge is 2.56. The second-order valence-electron chi connectivity index (χ2n) is 41.7. The van der Waals surface area contributed by atoms with Gasteiger partial charge in [0, 0.05) is 63.6 Å². The van der Waals surface area contributed by atoms with Crippen LogP contribution in [0.1, 0.15) is 394 Å². The van der Waals surface area contributed by atoms with Gasteiger partial charge in [0.2, 0.25) is 0 Å². The normalized spacial score (nSPS) is 23.5. The summed E-state index contributed by atoms with van der Waals surface area (Å²) in [4.78, 5) is 165. The van der Waals surface area contributed by atoms with E-state index in [0.29, 0.717) is 74.5 Å². The first kappa shape index (κ1) is 98.0. The van der Waals surface area contributed by atoms with Crippen molar-refractivity contribution in [3.8, 4) is 0 Å². The Morgan fingerprint density at radius 3 is 0.984 bits per heavy atom. The van der Waals surface area contributed by atoms with E-state index in [1.807, 2.05) is 0 Å². The number of fused-ring (bicyclic) bond motifs is 9. The van der Waals surface area contributed by atoms with E-state index < -0.39 is 44.5 Å². The molecule has 4 amide bonds. The lowest BCUT2D eigenvalue weighted by Crippen LogP contribution is -2.35. The number of imide groups is 2. The third-order valence-corrected chi connectivity index (χ3v) is 33.2. The minimum absolute atomic E-state index is 0.0590. The molecule has 5 aliphatic carbocycles. The molecule has 18 nitrogen and oxygen atoms in total. The van der Waals surface area contributed by atoms with Crippen molar-refractivity contribution in [3.63, 3.8) is 0 Å². The summed E-state index contributed by atoms with van der Waals surface area (Å²) in [5.41, 5.74) is -1.55. The van der Waals surface area contributed by atoms with Crippen LogP contribution in [0.4, 0.5) is 0 Å². The van der Waals surface area contributed by atoms with Gasteiger partial charge in [-0.05, 0) is 217 Å². The number of rotatable bonds is 62. The number of nitrogens with zero attached hydrogens (tertiary/aromatic N) is 6. The maximum absolute atomic E-state index is 14.4. The van der Waals surface area contributed by atoms with Crippen molar-refractivity contribution >= 4 is 66.7 Å². The van der Waals surface area contributed by atoms with Crippen LogP contribution in [0.25, 0.3) is 43.1 Å². The van der Waals surface area contributed by atoms with Gasteiger partial charge in [0.25, 0.3) is 68.1 Å². The molecule has 0 spiro atoms. The number of carbonyl (C=O) groups is 4. The van der Waals surface area contributed by atoms with Gasteiger partial charge < -0.3 is 0 Å². The number of benzene rings is 2. The maximum Gasteiger partial charge on any atom is 0.261 e. The Labute approximate surface area is 762 Å². The van der Waals surface area contributed by atoms with Crippen LogP contribution in [-0.2, 0) is 45.4 Å². The van der Waals surface area contributed by atoms with Crippen LogP contribution in [-0.4, -0.2) is 64.8 Å². The lowest BCUT2D eigenvalue weighted by atomic mass is 9.61. The molecule has 4 saturated carbocycles. The van der Waals surface area contributed by atoms with Crippen molar-refractivity contribution in [3.05, 3.63) is 143 Å². The number of allylic oxidation sites excluding steroid dienone is 2. The Kier molecular flexibility index (Phi) is 37.7. The zero-order chi connectivity index (χ0) is 90.0. The molecule has 13 rings (SSSR count). The standard InChI is InChI=1S/C110H160N6O12/c1-5-9-13-17-26-39-51-84-78(47-35-15-11-7-3)55-57-80(86(84)53-41-28-20-23-31-43-63-111-99(117)59-60-100(111)118)49-37-25-19-22-33-45-65-113-105(123)93-73-97-98(74-94(93)106(113)124)110(128)116(109(97)127)76-83-69-82-70-89(83)90-68-77(67-88(82)90)75-115-107(125)95-71-91-92(72-96(95)108(115)126)104(122)114(103(91)121)66-46-34-30-38-50-81-58-56-79(48-36-16-12-8-4)85(52-40-27-18-14-10-6-2)87(81)54-42-29-21-24-32-44-64-112-101(119)61-62-102(112)120/h55,59-62,71-74,77,79-90H,5-54,56-58,63-70,75-76H2,1-4H3. The van der Waals surface area contributed by atoms with Gasteiger partial charge in [-0.3, -0.25) is 85.6 Å². The lowest BCUT2D eigenvalue weighted by Gasteiger charge is -2.44. The first-order valence-electron chi connectivity index (χ1n) is 53.0. The molecule has 18 heteroatoms. The Hall–Kier alpha value is -7.50. The number of hydrogen-bond acceptors (Lipinski definition) is 12. The monoisotopic (exact) mass is 1760 g/mol. The van der Waals surface area contributed by atoms with Crippen molar-refractivity contribution < 1.29 is 19.2 Å². The molecule has 6 aromatic rings. The van der Waals surface area contributed by atoms with Crippen molar-refractivity contribution in [1.29, 1.82) is 0 Å². The fraction of sp³-hybridized carbons (Fsp3) is 0.727. The fourth-order valence-electron chi connectivity index (χ4n) is 26.2. The third-order valence-electron chi connectivity index (χ3n) is 33.2. The number of unbranched alkanes of at least 4 members (excludes halogenated alkanes) is 34. The molecule has 6 heterocycles. The summed E-state index contributed by atoms with van der Waals surface area (Å²) < 4.78 is 5.32. The van der Waals surface area contributed by atoms with E-state index in [4.69, 9.17) is 0 Å². The summed E-state index contributed by atoms with van der Waals surface area (Å²) in [6.07, 6.45) is 75.5. The van der Waals surface area contributed by atoms with E-state index >= 15 is 0 Å². The Morgan fingerprint density at radius 1 is 0.266 bits per heavy atom. The van der Waals surface area contributed by atoms with E-state index in [0.717, 1.165) is 126 Å². The summed E-state index contributed by atoms with van der Waals surface area (Å²) in [6.45, 7) is 11.3. The minimum atomic E-state index is -0.425. The first-order chi connectivity index (χ1) is 62.4. The molecule has 7 aliphatic rings. The molecule has 4 aromatic heterocycles. The van der Waals surface area contributed by atoms with E-state index in [1.54, 1.807) is 5.57 Å². The van der Waals surface area contributed by atoms with Crippen LogP contribution in [0.15, 0.2) is 98.6 Å². The van der Waals surface area contributed by atoms with Gasteiger partial charge in [-0.2, -0.15) is 0 Å². The van der Waals surface area contributed by atoms with Gasteiger partial charge in [-0.1, -0.05) is 290 Å². The Bertz CT molecular complexity index is 4990. The van der Waals surface area contributed by atoms with Crippen LogP contribution in [0, 0.1) is 76.9 Å². The van der Waals surface area contributed by atoms with E-state index in [2.05, 4.69) is 33.8 Å². The molecule has 4 fully saturated rings. The van der Waals surface area contributed by atoms with Crippen molar-refractivity contribution in [2.45, 2.75) is 420 Å². The molecule has 2 bridgehead atoms. The van der Waals surface area contributed by atoms with Gasteiger partial charge in [-0.25, -0.2) is 0 Å². The summed E-state index contributed by atoms with van der Waals surface area (Å²) in [7, 11) is 0. The highest BCUT2D eigenvalue weighted by Crippen LogP contribution is 2.63. The minimum Gasteiger partial charge on any atom is -0.275 e. The smallest absolute Gasteiger partial charge is 0.261 e. The largest absolute Gasteiger partial charge is 0.275 e. The molecule has 0 saturated heterocycles. The average molecular weight is 1760 g/mol. The first-order valence-corrected chi connectivity index (χ1v) is 53.0. The molecular formula is C110H160N6O12. The molecule has 2 aromatic carbocycles. The zero-order valence-corrected chi connectivity index (χ0v) is 79.3. The molecule has 702 valence electrons. The molecule has 13 atom stereocenters. The van der Waals surface area contributed by atoms with Gasteiger partial charge in [-0.15, -0.1) is 0 Å². The van der Waals surface area contributed by atoms with E-state index in [1.165, 1.54) is 327 Å². The fourth-order valence-corrected chi connectivity index (χ4v) is 26.2.